The molecular formula is C17H26N2O3. The lowest BCUT2D eigenvalue weighted by Crippen LogP contribution is -2.54. The second kappa shape index (κ2) is 7.61. The lowest BCUT2D eigenvalue weighted by atomic mass is 9.91. The molecule has 1 saturated heterocycles. The molecule has 0 aromatic heterocycles. The lowest BCUT2D eigenvalue weighted by molar-refractivity contribution is -0.146. The predicted molar refractivity (Wildman–Crippen MR) is 86.3 cm³/mol. The van der Waals surface area contributed by atoms with E-state index in [1.807, 2.05) is 26.0 Å². The third-order valence-corrected chi connectivity index (χ3v) is 4.07. The molecule has 122 valence electrons. The molecular weight excluding hydrogens is 280 g/mol. The molecule has 1 aliphatic heterocycles. The Hall–Kier alpha value is -1.59. The first-order valence-electron chi connectivity index (χ1n) is 7.81. The fraction of sp³-hybridized carbons (Fsp3) is 0.588. The fourth-order valence-corrected chi connectivity index (χ4v) is 2.87. The molecule has 0 aliphatic carbocycles. The van der Waals surface area contributed by atoms with Crippen molar-refractivity contribution in [3.05, 3.63) is 29.3 Å². The first-order chi connectivity index (χ1) is 10.6. The van der Waals surface area contributed by atoms with E-state index >= 15 is 0 Å². The minimum absolute atomic E-state index is 0.0412. The van der Waals surface area contributed by atoms with Crippen LogP contribution in [0.2, 0.25) is 0 Å². The first-order valence-corrected chi connectivity index (χ1v) is 7.81. The number of piperidine rings is 1. The molecule has 1 fully saturated rings. The van der Waals surface area contributed by atoms with Gasteiger partial charge in [-0.2, -0.15) is 0 Å². The largest absolute Gasteiger partial charge is 0.492 e. The highest BCUT2D eigenvalue weighted by atomic mass is 16.5. The van der Waals surface area contributed by atoms with E-state index in [1.165, 1.54) is 11.1 Å². The number of hydrogen-bond acceptors (Lipinski definition) is 4. The first kappa shape index (κ1) is 16.8. The number of ether oxygens (including phenoxy) is 2. The molecule has 1 aromatic rings. The molecule has 2 N–H and O–H groups in total. The second-order valence-electron chi connectivity index (χ2n) is 5.88. The van der Waals surface area contributed by atoms with Gasteiger partial charge in [-0.1, -0.05) is 6.07 Å². The van der Waals surface area contributed by atoms with Crippen molar-refractivity contribution in [2.45, 2.75) is 32.3 Å². The van der Waals surface area contributed by atoms with E-state index in [4.69, 9.17) is 9.47 Å². The summed E-state index contributed by atoms with van der Waals surface area (Å²) in [4.78, 5) is 12.4. The summed E-state index contributed by atoms with van der Waals surface area (Å²) in [7, 11) is 1.61. The Labute approximate surface area is 132 Å². The van der Waals surface area contributed by atoms with Crippen molar-refractivity contribution in [3.63, 3.8) is 0 Å². The van der Waals surface area contributed by atoms with Crippen molar-refractivity contribution in [3.8, 4) is 5.75 Å². The van der Waals surface area contributed by atoms with Gasteiger partial charge in [0.2, 0.25) is 0 Å². The Morgan fingerprint density at radius 3 is 2.45 bits per heavy atom. The highest BCUT2D eigenvalue weighted by Gasteiger charge is 2.39. The Balaban J connectivity index is 1.79. The van der Waals surface area contributed by atoms with Gasteiger partial charge in [-0.15, -0.1) is 0 Å². The van der Waals surface area contributed by atoms with Crippen LogP contribution in [0.3, 0.4) is 0 Å². The van der Waals surface area contributed by atoms with Crippen LogP contribution in [0.25, 0.3) is 0 Å². The van der Waals surface area contributed by atoms with Crippen molar-refractivity contribution >= 4 is 5.91 Å². The number of methoxy groups -OCH3 is 1. The zero-order valence-electron chi connectivity index (χ0n) is 13.7. The predicted octanol–water partition coefficient (Wildman–Crippen LogP) is 1.57. The maximum absolute atomic E-state index is 12.4. The fourth-order valence-electron chi connectivity index (χ4n) is 2.87. The van der Waals surface area contributed by atoms with Crippen LogP contribution >= 0.6 is 0 Å². The Kier molecular flexibility index (Phi) is 5.80. The lowest BCUT2D eigenvalue weighted by Gasteiger charge is -2.34. The zero-order valence-corrected chi connectivity index (χ0v) is 13.7. The summed E-state index contributed by atoms with van der Waals surface area (Å²) in [6.45, 7) is 6.62. The number of aryl methyl sites for hydroxylation is 2. The average Bonchev–Trinajstić information content (AvgIpc) is 2.51. The van der Waals surface area contributed by atoms with Crippen LogP contribution in [0.1, 0.15) is 24.0 Å². The Morgan fingerprint density at radius 1 is 1.23 bits per heavy atom. The van der Waals surface area contributed by atoms with E-state index in [2.05, 4.69) is 16.7 Å². The molecule has 0 radical (unpaired) electrons. The van der Waals surface area contributed by atoms with Gasteiger partial charge < -0.3 is 20.1 Å². The van der Waals surface area contributed by atoms with E-state index in [1.54, 1.807) is 7.11 Å². The van der Waals surface area contributed by atoms with E-state index in [9.17, 15) is 4.79 Å². The summed E-state index contributed by atoms with van der Waals surface area (Å²) in [5.41, 5.74) is 1.66. The maximum atomic E-state index is 12.4. The smallest absolute Gasteiger partial charge is 0.252 e. The molecule has 2 rings (SSSR count). The summed E-state index contributed by atoms with van der Waals surface area (Å²) >= 11 is 0. The second-order valence-corrected chi connectivity index (χ2v) is 5.88. The minimum atomic E-state index is -0.689. The maximum Gasteiger partial charge on any atom is 0.252 e. The van der Waals surface area contributed by atoms with E-state index in [0.717, 1.165) is 18.8 Å². The van der Waals surface area contributed by atoms with Gasteiger partial charge in [-0.05, 0) is 63.0 Å². The molecule has 22 heavy (non-hydrogen) atoms. The molecule has 5 nitrogen and oxygen atoms in total. The van der Waals surface area contributed by atoms with Gasteiger partial charge in [0, 0.05) is 7.11 Å². The SMILES string of the molecule is COC1(C(=O)NCCOc2cc(C)cc(C)c2)CCNCC1. The van der Waals surface area contributed by atoms with Gasteiger partial charge >= 0.3 is 0 Å². The quantitative estimate of drug-likeness (QED) is 0.783. The normalized spacial score (nSPS) is 17.0. The zero-order chi connectivity index (χ0) is 16.0. The number of amides is 1. The molecule has 0 spiro atoms. The van der Waals surface area contributed by atoms with Crippen LogP contribution in [-0.2, 0) is 9.53 Å². The molecule has 1 amide bonds. The number of nitrogens with one attached hydrogen (secondary N) is 2. The van der Waals surface area contributed by atoms with Crippen molar-refractivity contribution in [2.75, 3.05) is 33.4 Å². The summed E-state index contributed by atoms with van der Waals surface area (Å²) < 4.78 is 11.2. The number of benzene rings is 1. The third kappa shape index (κ3) is 4.21. The van der Waals surface area contributed by atoms with E-state index in [0.29, 0.717) is 26.0 Å². The van der Waals surface area contributed by atoms with Crippen LogP contribution in [0, 0.1) is 13.8 Å². The van der Waals surface area contributed by atoms with Crippen molar-refractivity contribution < 1.29 is 14.3 Å². The van der Waals surface area contributed by atoms with Gasteiger partial charge in [-0.25, -0.2) is 0 Å². The number of carbonyl (C=O) groups is 1. The number of rotatable bonds is 6. The number of hydrogen-bond donors (Lipinski definition) is 2. The van der Waals surface area contributed by atoms with Gasteiger partial charge in [0.1, 0.15) is 18.0 Å². The van der Waals surface area contributed by atoms with Gasteiger partial charge in [-0.3, -0.25) is 4.79 Å². The van der Waals surface area contributed by atoms with Crippen molar-refractivity contribution in [1.82, 2.24) is 10.6 Å². The molecule has 1 aromatic carbocycles. The number of carbonyl (C=O) groups excluding carboxylic acids is 1. The monoisotopic (exact) mass is 306 g/mol. The van der Waals surface area contributed by atoms with Crippen LogP contribution in [0.5, 0.6) is 5.75 Å². The highest BCUT2D eigenvalue weighted by molar-refractivity contribution is 5.85. The van der Waals surface area contributed by atoms with Crippen molar-refractivity contribution in [2.24, 2.45) is 0 Å². The van der Waals surface area contributed by atoms with Gasteiger partial charge in [0.05, 0.1) is 6.54 Å². The van der Waals surface area contributed by atoms with Crippen LogP contribution in [0.15, 0.2) is 18.2 Å². The van der Waals surface area contributed by atoms with Crippen molar-refractivity contribution in [1.29, 1.82) is 0 Å². The third-order valence-electron chi connectivity index (χ3n) is 4.07. The van der Waals surface area contributed by atoms with E-state index in [-0.39, 0.29) is 5.91 Å². The molecule has 0 atom stereocenters. The Bertz CT molecular complexity index is 490. The summed E-state index contributed by atoms with van der Waals surface area (Å²) in [6, 6.07) is 6.10. The van der Waals surface area contributed by atoms with Crippen LogP contribution in [-0.4, -0.2) is 44.9 Å². The van der Waals surface area contributed by atoms with Gasteiger partial charge in [0.15, 0.2) is 0 Å². The molecule has 0 unspecified atom stereocenters. The molecule has 1 heterocycles. The molecule has 0 saturated carbocycles. The standard InChI is InChI=1S/C17H26N2O3/c1-13-10-14(2)12-15(11-13)22-9-8-19-16(20)17(21-3)4-6-18-7-5-17/h10-12,18H,4-9H2,1-3H3,(H,19,20). The summed E-state index contributed by atoms with van der Waals surface area (Å²) in [5.74, 6) is 0.801. The topological polar surface area (TPSA) is 59.6 Å². The highest BCUT2D eigenvalue weighted by Crippen LogP contribution is 2.22. The molecule has 0 bridgehead atoms. The summed E-state index contributed by atoms with van der Waals surface area (Å²) in [5, 5.41) is 6.17. The minimum Gasteiger partial charge on any atom is -0.492 e. The van der Waals surface area contributed by atoms with Crippen LogP contribution in [0.4, 0.5) is 0 Å². The van der Waals surface area contributed by atoms with E-state index < -0.39 is 5.60 Å². The molecule has 1 aliphatic rings. The summed E-state index contributed by atoms with van der Waals surface area (Å²) in [6.07, 6.45) is 1.40. The Morgan fingerprint density at radius 2 is 1.86 bits per heavy atom. The molecule has 5 heteroatoms. The van der Waals surface area contributed by atoms with Gasteiger partial charge in [0.25, 0.3) is 5.91 Å². The van der Waals surface area contributed by atoms with Crippen LogP contribution < -0.4 is 15.4 Å². The average molecular weight is 306 g/mol.